The van der Waals surface area contributed by atoms with Crippen molar-refractivity contribution in [3.63, 3.8) is 0 Å². The van der Waals surface area contributed by atoms with Crippen molar-refractivity contribution in [2.75, 3.05) is 23.8 Å². The summed E-state index contributed by atoms with van der Waals surface area (Å²) in [5.41, 5.74) is 5.99. The van der Waals surface area contributed by atoms with Crippen molar-refractivity contribution in [1.82, 2.24) is 10.9 Å². The van der Waals surface area contributed by atoms with Crippen LogP contribution in [0.15, 0.2) is 53.4 Å². The first-order valence-corrected chi connectivity index (χ1v) is 9.91. The van der Waals surface area contributed by atoms with Crippen LogP contribution in [-0.2, 0) is 9.59 Å². The molecule has 1 heterocycles. The van der Waals surface area contributed by atoms with Gasteiger partial charge in [0.2, 0.25) is 11.8 Å². The third-order valence-corrected chi connectivity index (χ3v) is 5.16. The number of fused-ring (bicyclic) bond motifs is 1. The third kappa shape index (κ3) is 4.83. The van der Waals surface area contributed by atoms with E-state index in [2.05, 4.69) is 10.9 Å². The SMILES string of the molecule is CCOc1ccc(C(=O)NNC(=O)CCN2C(=O)CSc3ccccc32)cc1. The molecule has 2 aromatic carbocycles. The van der Waals surface area contributed by atoms with Crippen molar-refractivity contribution in [1.29, 1.82) is 0 Å². The number of ether oxygens (including phenoxy) is 1. The van der Waals surface area contributed by atoms with Crippen molar-refractivity contribution in [2.45, 2.75) is 18.2 Å². The number of para-hydroxylation sites is 1. The molecule has 0 saturated carbocycles. The highest BCUT2D eigenvalue weighted by Gasteiger charge is 2.24. The molecule has 1 aliphatic rings. The van der Waals surface area contributed by atoms with Gasteiger partial charge in [0.1, 0.15) is 5.75 Å². The van der Waals surface area contributed by atoms with Gasteiger partial charge in [0.25, 0.3) is 5.91 Å². The Kier molecular flexibility index (Phi) is 6.54. The molecule has 146 valence electrons. The maximum Gasteiger partial charge on any atom is 0.269 e. The third-order valence-electron chi connectivity index (χ3n) is 4.11. The Labute approximate surface area is 167 Å². The zero-order chi connectivity index (χ0) is 19.9. The van der Waals surface area contributed by atoms with Crippen LogP contribution in [0, 0.1) is 0 Å². The molecule has 8 heteroatoms. The fraction of sp³-hybridized carbons (Fsp3) is 0.250. The number of amides is 3. The Bertz CT molecular complexity index is 870. The van der Waals surface area contributed by atoms with Crippen molar-refractivity contribution in [2.24, 2.45) is 0 Å². The molecule has 2 N–H and O–H groups in total. The Hall–Kier alpha value is -3.00. The van der Waals surface area contributed by atoms with E-state index in [0.717, 1.165) is 10.6 Å². The summed E-state index contributed by atoms with van der Waals surface area (Å²) in [5, 5.41) is 0. The van der Waals surface area contributed by atoms with Gasteiger partial charge in [-0.1, -0.05) is 12.1 Å². The molecule has 3 amide bonds. The Morgan fingerprint density at radius 3 is 2.61 bits per heavy atom. The summed E-state index contributed by atoms with van der Waals surface area (Å²) < 4.78 is 5.33. The van der Waals surface area contributed by atoms with Gasteiger partial charge in [0, 0.05) is 23.4 Å². The van der Waals surface area contributed by atoms with Crippen LogP contribution >= 0.6 is 11.8 Å². The van der Waals surface area contributed by atoms with Gasteiger partial charge in [0.15, 0.2) is 0 Å². The molecule has 0 aliphatic carbocycles. The zero-order valence-electron chi connectivity index (χ0n) is 15.4. The summed E-state index contributed by atoms with van der Waals surface area (Å²) in [6.07, 6.45) is 0.0777. The highest BCUT2D eigenvalue weighted by Crippen LogP contribution is 2.34. The summed E-state index contributed by atoms with van der Waals surface area (Å²) in [7, 11) is 0. The van der Waals surface area contributed by atoms with Gasteiger partial charge < -0.3 is 9.64 Å². The molecule has 28 heavy (non-hydrogen) atoms. The maximum absolute atomic E-state index is 12.2. The van der Waals surface area contributed by atoms with E-state index in [0.29, 0.717) is 23.7 Å². The number of hydrogen-bond acceptors (Lipinski definition) is 5. The molecule has 2 aromatic rings. The molecule has 7 nitrogen and oxygen atoms in total. The number of nitrogens with zero attached hydrogens (tertiary/aromatic N) is 1. The quantitative estimate of drug-likeness (QED) is 0.728. The molecular weight excluding hydrogens is 378 g/mol. The molecule has 1 aliphatic heterocycles. The molecular formula is C20H21N3O4S. The fourth-order valence-corrected chi connectivity index (χ4v) is 3.68. The molecule has 0 aromatic heterocycles. The fourth-order valence-electron chi connectivity index (χ4n) is 2.74. The van der Waals surface area contributed by atoms with Crippen molar-refractivity contribution < 1.29 is 19.1 Å². The standard InChI is InChI=1S/C20H21N3O4S/c1-2-27-15-9-7-14(8-10-15)20(26)22-21-18(24)11-12-23-16-5-3-4-6-17(16)28-13-19(23)25/h3-10H,2,11-13H2,1H3,(H,21,24)(H,22,26). The summed E-state index contributed by atoms with van der Waals surface area (Å²) in [4.78, 5) is 39.0. The summed E-state index contributed by atoms with van der Waals surface area (Å²) in [5.74, 6) is 0.199. The smallest absolute Gasteiger partial charge is 0.269 e. The molecule has 0 atom stereocenters. The van der Waals surface area contributed by atoms with E-state index >= 15 is 0 Å². The van der Waals surface area contributed by atoms with Crippen LogP contribution in [0.1, 0.15) is 23.7 Å². The molecule has 3 rings (SSSR count). The van der Waals surface area contributed by atoms with Crippen molar-refractivity contribution in [3.05, 3.63) is 54.1 Å². The Morgan fingerprint density at radius 1 is 1.11 bits per heavy atom. The van der Waals surface area contributed by atoms with Crippen molar-refractivity contribution in [3.8, 4) is 5.75 Å². The van der Waals surface area contributed by atoms with Gasteiger partial charge >= 0.3 is 0 Å². The molecule has 0 fully saturated rings. The van der Waals surface area contributed by atoms with Crippen LogP contribution in [0.25, 0.3) is 0 Å². The highest BCUT2D eigenvalue weighted by molar-refractivity contribution is 8.00. The lowest BCUT2D eigenvalue weighted by Crippen LogP contribution is -2.44. The second-order valence-corrected chi connectivity index (χ2v) is 7.03. The van der Waals surface area contributed by atoms with Crippen LogP contribution in [0.5, 0.6) is 5.75 Å². The van der Waals surface area contributed by atoms with Gasteiger partial charge in [0.05, 0.1) is 18.0 Å². The van der Waals surface area contributed by atoms with E-state index in [-0.39, 0.29) is 24.8 Å². The number of benzene rings is 2. The predicted molar refractivity (Wildman–Crippen MR) is 107 cm³/mol. The second-order valence-electron chi connectivity index (χ2n) is 6.01. The maximum atomic E-state index is 12.2. The minimum absolute atomic E-state index is 0.0325. The second kappa shape index (κ2) is 9.27. The first kappa shape index (κ1) is 19.8. The van der Waals surface area contributed by atoms with Crippen LogP contribution < -0.4 is 20.5 Å². The number of thioether (sulfide) groups is 1. The minimum atomic E-state index is -0.424. The Balaban J connectivity index is 1.49. The van der Waals surface area contributed by atoms with Crippen molar-refractivity contribution >= 4 is 35.2 Å². The van der Waals surface area contributed by atoms with E-state index in [1.807, 2.05) is 31.2 Å². The number of rotatable bonds is 6. The molecule has 0 radical (unpaired) electrons. The molecule has 0 saturated heterocycles. The van der Waals surface area contributed by atoms with Crippen LogP contribution in [0.4, 0.5) is 5.69 Å². The first-order chi connectivity index (χ1) is 13.6. The monoisotopic (exact) mass is 399 g/mol. The van der Waals surface area contributed by atoms with E-state index in [9.17, 15) is 14.4 Å². The van der Waals surface area contributed by atoms with E-state index in [1.54, 1.807) is 29.2 Å². The number of hydrogen-bond donors (Lipinski definition) is 2. The largest absolute Gasteiger partial charge is 0.494 e. The average Bonchev–Trinajstić information content (AvgIpc) is 2.72. The first-order valence-electron chi connectivity index (χ1n) is 8.92. The minimum Gasteiger partial charge on any atom is -0.494 e. The van der Waals surface area contributed by atoms with Gasteiger partial charge in [-0.3, -0.25) is 25.2 Å². The highest BCUT2D eigenvalue weighted by atomic mass is 32.2. The number of carbonyl (C=O) groups excluding carboxylic acids is 3. The lowest BCUT2D eigenvalue weighted by Gasteiger charge is -2.28. The zero-order valence-corrected chi connectivity index (χ0v) is 16.3. The molecule has 0 unspecified atom stereocenters. The summed E-state index contributed by atoms with van der Waals surface area (Å²) >= 11 is 1.49. The normalized spacial score (nSPS) is 12.9. The van der Waals surface area contributed by atoms with E-state index in [4.69, 9.17) is 4.74 Å². The lowest BCUT2D eigenvalue weighted by molar-refractivity contribution is -0.121. The Morgan fingerprint density at radius 2 is 1.86 bits per heavy atom. The van der Waals surface area contributed by atoms with Gasteiger partial charge in [-0.15, -0.1) is 11.8 Å². The number of anilines is 1. The van der Waals surface area contributed by atoms with Crippen LogP contribution in [0.2, 0.25) is 0 Å². The van der Waals surface area contributed by atoms with E-state index in [1.165, 1.54) is 11.8 Å². The lowest BCUT2D eigenvalue weighted by atomic mass is 10.2. The van der Waals surface area contributed by atoms with E-state index < -0.39 is 5.91 Å². The predicted octanol–water partition coefficient (Wildman–Crippen LogP) is 2.38. The summed E-state index contributed by atoms with van der Waals surface area (Å²) in [6, 6.07) is 14.2. The van der Waals surface area contributed by atoms with Gasteiger partial charge in [-0.2, -0.15) is 0 Å². The molecule has 0 spiro atoms. The topological polar surface area (TPSA) is 87.7 Å². The van der Waals surface area contributed by atoms with Gasteiger partial charge in [-0.25, -0.2) is 0 Å². The number of hydrazine groups is 1. The number of nitrogens with one attached hydrogen (secondary N) is 2. The number of carbonyl (C=O) groups is 3. The van der Waals surface area contributed by atoms with Crippen LogP contribution in [-0.4, -0.2) is 36.6 Å². The molecule has 0 bridgehead atoms. The average molecular weight is 399 g/mol. The summed E-state index contributed by atoms with van der Waals surface area (Å²) in [6.45, 7) is 2.68. The van der Waals surface area contributed by atoms with Crippen LogP contribution in [0.3, 0.4) is 0 Å². The van der Waals surface area contributed by atoms with Gasteiger partial charge in [-0.05, 0) is 43.3 Å².